The van der Waals surface area contributed by atoms with Gasteiger partial charge in [0.1, 0.15) is 11.6 Å². The summed E-state index contributed by atoms with van der Waals surface area (Å²) >= 11 is 0. The Bertz CT molecular complexity index is 702. The van der Waals surface area contributed by atoms with Gasteiger partial charge in [0.15, 0.2) is 0 Å². The van der Waals surface area contributed by atoms with Crippen LogP contribution in [-0.2, 0) is 23.7 Å². The van der Waals surface area contributed by atoms with Gasteiger partial charge in [0, 0.05) is 25.4 Å². The van der Waals surface area contributed by atoms with E-state index in [1.165, 1.54) is 18.2 Å². The van der Waals surface area contributed by atoms with Crippen molar-refractivity contribution in [1.29, 1.82) is 0 Å². The molecular formula is C17H19F2N3O. The van der Waals surface area contributed by atoms with Gasteiger partial charge in [-0.15, -0.1) is 0 Å². The molecule has 0 radical (unpaired) electrons. The number of aryl methyl sites for hydroxylation is 1. The highest BCUT2D eigenvalue weighted by molar-refractivity contribution is 5.89. The van der Waals surface area contributed by atoms with E-state index in [9.17, 15) is 13.6 Å². The molecule has 1 aliphatic rings. The van der Waals surface area contributed by atoms with Crippen LogP contribution < -0.4 is 5.32 Å². The number of nitrogens with one attached hydrogen (secondary N) is 1. The van der Waals surface area contributed by atoms with Gasteiger partial charge in [-0.3, -0.25) is 9.48 Å². The first-order valence-corrected chi connectivity index (χ1v) is 7.73. The highest BCUT2D eigenvalue weighted by Crippen LogP contribution is 2.45. The largest absolute Gasteiger partial charge is 0.355 e. The molecule has 1 aromatic heterocycles. The van der Waals surface area contributed by atoms with E-state index in [4.69, 9.17) is 0 Å². The zero-order chi connectivity index (χ0) is 16.4. The fourth-order valence-corrected chi connectivity index (χ4v) is 3.17. The third kappa shape index (κ3) is 2.85. The second kappa shape index (κ2) is 6.10. The van der Waals surface area contributed by atoms with Crippen LogP contribution >= 0.6 is 0 Å². The molecule has 0 aliphatic heterocycles. The monoisotopic (exact) mass is 319 g/mol. The third-order valence-electron chi connectivity index (χ3n) is 4.54. The molecule has 0 bridgehead atoms. The van der Waals surface area contributed by atoms with Crippen LogP contribution in [0.5, 0.6) is 0 Å². The number of hydrogen-bond donors (Lipinski definition) is 1. The fraction of sp³-hybridized carbons (Fsp3) is 0.412. The molecule has 1 aliphatic carbocycles. The lowest BCUT2D eigenvalue weighted by molar-refractivity contribution is -0.130. The van der Waals surface area contributed by atoms with Crippen LogP contribution in [0, 0.1) is 11.6 Å². The van der Waals surface area contributed by atoms with Gasteiger partial charge >= 0.3 is 0 Å². The summed E-state index contributed by atoms with van der Waals surface area (Å²) in [6, 6.07) is 3.74. The molecule has 3 rings (SSSR count). The molecule has 122 valence electrons. The van der Waals surface area contributed by atoms with Gasteiger partial charge in [0.25, 0.3) is 0 Å². The number of hydrogen-bond acceptors (Lipinski definition) is 2. The maximum atomic E-state index is 14.1. The standard InChI is InChI=1S/C17H19F2N3O/c1-22-11-12(10-21-22)6-9-20-16(23)17(7-3-8-17)15-13(18)4-2-5-14(15)19/h2,4-5,10-11H,3,6-9H2,1H3,(H,20,23). The quantitative estimate of drug-likeness (QED) is 0.920. The normalized spacial score (nSPS) is 16.0. The van der Waals surface area contributed by atoms with Gasteiger partial charge in [-0.05, 0) is 37.0 Å². The Kier molecular flexibility index (Phi) is 4.15. The summed E-state index contributed by atoms with van der Waals surface area (Å²) in [7, 11) is 1.83. The number of benzene rings is 1. The minimum atomic E-state index is -1.07. The first kappa shape index (κ1) is 15.6. The van der Waals surface area contributed by atoms with E-state index in [0.29, 0.717) is 25.8 Å². The maximum absolute atomic E-state index is 14.1. The molecule has 2 aromatic rings. The predicted octanol–water partition coefficient (Wildman–Crippen LogP) is 2.48. The van der Waals surface area contributed by atoms with Crippen LogP contribution in [0.2, 0.25) is 0 Å². The van der Waals surface area contributed by atoms with Gasteiger partial charge in [-0.25, -0.2) is 8.78 Å². The van der Waals surface area contributed by atoms with Gasteiger partial charge < -0.3 is 5.32 Å². The fourth-order valence-electron chi connectivity index (χ4n) is 3.17. The van der Waals surface area contributed by atoms with Gasteiger partial charge in [0.05, 0.1) is 11.6 Å². The van der Waals surface area contributed by atoms with E-state index in [0.717, 1.165) is 12.0 Å². The summed E-state index contributed by atoms with van der Waals surface area (Å²) in [4.78, 5) is 12.6. The molecule has 1 saturated carbocycles. The summed E-state index contributed by atoms with van der Waals surface area (Å²) in [6.45, 7) is 0.419. The average Bonchev–Trinajstić information content (AvgIpc) is 2.86. The van der Waals surface area contributed by atoms with Crippen molar-refractivity contribution < 1.29 is 13.6 Å². The number of amides is 1. The summed E-state index contributed by atoms with van der Waals surface area (Å²) in [5, 5.41) is 6.89. The molecule has 1 fully saturated rings. The van der Waals surface area contributed by atoms with Gasteiger partial charge in [-0.2, -0.15) is 5.10 Å². The Morgan fingerprint density at radius 3 is 2.57 bits per heavy atom. The number of carbonyl (C=O) groups excluding carboxylic acids is 1. The molecule has 1 heterocycles. The zero-order valence-electron chi connectivity index (χ0n) is 13.0. The minimum absolute atomic E-state index is 0.0925. The molecule has 6 heteroatoms. The van der Waals surface area contributed by atoms with Crippen LogP contribution in [-0.4, -0.2) is 22.2 Å². The summed E-state index contributed by atoms with van der Waals surface area (Å²) < 4.78 is 29.9. The molecular weight excluding hydrogens is 300 g/mol. The molecule has 1 N–H and O–H groups in total. The SMILES string of the molecule is Cn1cc(CCNC(=O)C2(c3c(F)cccc3F)CCC2)cn1. The number of halogens is 2. The molecule has 4 nitrogen and oxygen atoms in total. The van der Waals surface area contributed by atoms with E-state index in [2.05, 4.69) is 10.4 Å². The van der Waals surface area contributed by atoms with Crippen LogP contribution in [0.1, 0.15) is 30.4 Å². The van der Waals surface area contributed by atoms with Crippen molar-refractivity contribution in [2.45, 2.75) is 31.1 Å². The molecule has 0 unspecified atom stereocenters. The zero-order valence-corrected chi connectivity index (χ0v) is 13.0. The number of nitrogens with zero attached hydrogens (tertiary/aromatic N) is 2. The highest BCUT2D eigenvalue weighted by Gasteiger charge is 2.48. The topological polar surface area (TPSA) is 46.9 Å². The van der Waals surface area contributed by atoms with Gasteiger partial charge in [0.2, 0.25) is 5.91 Å². The molecule has 0 spiro atoms. The lowest BCUT2D eigenvalue weighted by Gasteiger charge is -2.40. The van der Waals surface area contributed by atoms with E-state index >= 15 is 0 Å². The Morgan fingerprint density at radius 2 is 2.04 bits per heavy atom. The highest BCUT2D eigenvalue weighted by atomic mass is 19.1. The molecule has 0 saturated heterocycles. The minimum Gasteiger partial charge on any atom is -0.355 e. The summed E-state index contributed by atoms with van der Waals surface area (Å²) in [5.41, 5.74) is -0.151. The number of carbonyl (C=O) groups is 1. The Hall–Kier alpha value is -2.24. The Morgan fingerprint density at radius 1 is 1.35 bits per heavy atom. The molecule has 0 atom stereocenters. The molecule has 1 amide bonds. The lowest BCUT2D eigenvalue weighted by Crippen LogP contribution is -2.50. The maximum Gasteiger partial charge on any atom is 0.230 e. The summed E-state index contributed by atoms with van der Waals surface area (Å²) in [6.07, 6.45) is 6.00. The van der Waals surface area contributed by atoms with E-state index in [1.807, 2.05) is 13.2 Å². The second-order valence-electron chi connectivity index (χ2n) is 6.06. The first-order chi connectivity index (χ1) is 11.0. The van der Waals surface area contributed by atoms with Gasteiger partial charge in [-0.1, -0.05) is 12.5 Å². The lowest BCUT2D eigenvalue weighted by atomic mass is 9.63. The van der Waals surface area contributed by atoms with Crippen LogP contribution in [0.25, 0.3) is 0 Å². The average molecular weight is 319 g/mol. The predicted molar refractivity (Wildman–Crippen MR) is 81.8 cm³/mol. The van der Waals surface area contributed by atoms with Crippen LogP contribution in [0.4, 0.5) is 8.78 Å². The van der Waals surface area contributed by atoms with E-state index < -0.39 is 17.0 Å². The van der Waals surface area contributed by atoms with Crippen molar-refractivity contribution in [1.82, 2.24) is 15.1 Å². The van der Waals surface area contributed by atoms with Crippen molar-refractivity contribution in [2.24, 2.45) is 7.05 Å². The van der Waals surface area contributed by atoms with Crippen molar-refractivity contribution >= 4 is 5.91 Å². The Labute approximate surface area is 133 Å². The summed E-state index contributed by atoms with van der Waals surface area (Å²) in [5.74, 6) is -1.59. The van der Waals surface area contributed by atoms with E-state index in [1.54, 1.807) is 10.9 Å². The van der Waals surface area contributed by atoms with Crippen molar-refractivity contribution in [3.05, 3.63) is 53.4 Å². The van der Waals surface area contributed by atoms with Crippen molar-refractivity contribution in [3.8, 4) is 0 Å². The molecule has 23 heavy (non-hydrogen) atoms. The number of aromatic nitrogens is 2. The van der Waals surface area contributed by atoms with E-state index in [-0.39, 0.29) is 11.5 Å². The Balaban J connectivity index is 1.71. The third-order valence-corrected chi connectivity index (χ3v) is 4.54. The van der Waals surface area contributed by atoms with Crippen LogP contribution in [0.15, 0.2) is 30.6 Å². The van der Waals surface area contributed by atoms with Crippen molar-refractivity contribution in [2.75, 3.05) is 6.54 Å². The first-order valence-electron chi connectivity index (χ1n) is 7.73. The number of rotatable bonds is 5. The smallest absolute Gasteiger partial charge is 0.230 e. The second-order valence-corrected chi connectivity index (χ2v) is 6.06. The van der Waals surface area contributed by atoms with Crippen molar-refractivity contribution in [3.63, 3.8) is 0 Å². The van der Waals surface area contributed by atoms with Crippen LogP contribution in [0.3, 0.4) is 0 Å². The molecule has 1 aromatic carbocycles.